The maximum Gasteiger partial charge on any atom is 0.301 e. The minimum atomic E-state index is 0.306. The summed E-state index contributed by atoms with van der Waals surface area (Å²) in [7, 11) is 3.58. The van der Waals surface area contributed by atoms with Gasteiger partial charge in [0.1, 0.15) is 13.1 Å². The van der Waals surface area contributed by atoms with Crippen molar-refractivity contribution >= 4 is 6.41 Å². The Morgan fingerprint density at radius 2 is 2.22 bits per heavy atom. The molecule has 3 heteroatoms. The van der Waals surface area contributed by atoms with Gasteiger partial charge in [0.25, 0.3) is 0 Å². The Labute approximate surface area is 54.8 Å². The maximum atomic E-state index is 10.3. The number of nitrogens with zero attached hydrogens (tertiary/aromatic N) is 1. The average molecular weight is 130 g/mol. The second kappa shape index (κ2) is 2.08. The molecule has 1 rings (SSSR count). The molecule has 1 saturated heterocycles. The molecule has 0 atom stereocenters. The molecule has 1 heterocycles. The Kier molecular flexibility index (Phi) is 1.55. The number of amides is 1. The number of carbonyl (C=O) groups is 1. The quantitative estimate of drug-likeness (QED) is 0.376. The summed E-state index contributed by atoms with van der Waals surface area (Å²) in [4.78, 5) is 10.3. The van der Waals surface area contributed by atoms with E-state index < -0.39 is 0 Å². The van der Waals surface area contributed by atoms with Crippen LogP contribution in [0.2, 0.25) is 0 Å². The number of likely N-dealkylation sites (N-methyl/N-ethyl adjacent to an activating group) is 1. The molecular weight excluding hydrogens is 118 g/mol. The monoisotopic (exact) mass is 130 g/mol. The molecule has 1 amide bonds. The zero-order chi connectivity index (χ0) is 6.91. The highest BCUT2D eigenvalue weighted by atomic mass is 16.5. The molecule has 0 spiro atoms. The summed E-state index contributed by atoms with van der Waals surface area (Å²) in [5.74, 6) is 0. The second-order valence-corrected chi connectivity index (χ2v) is 2.81. The van der Waals surface area contributed by atoms with E-state index in [-0.39, 0.29) is 0 Å². The minimum absolute atomic E-state index is 0.306. The number of rotatable bonds is 2. The molecule has 1 aliphatic heterocycles. The summed E-state index contributed by atoms with van der Waals surface area (Å²) < 4.78 is 5.52. The van der Waals surface area contributed by atoms with Gasteiger partial charge in [0, 0.05) is 7.11 Å². The van der Waals surface area contributed by atoms with Crippen LogP contribution in [0.3, 0.4) is 0 Å². The van der Waals surface area contributed by atoms with E-state index in [1.807, 2.05) is 7.05 Å². The third-order valence-corrected chi connectivity index (χ3v) is 1.83. The van der Waals surface area contributed by atoms with Gasteiger partial charge in [0.15, 0.2) is 6.10 Å². The Bertz CT molecular complexity index is 118. The van der Waals surface area contributed by atoms with Gasteiger partial charge in [0.2, 0.25) is 0 Å². The topological polar surface area (TPSA) is 26.3 Å². The van der Waals surface area contributed by atoms with Crippen molar-refractivity contribution in [2.45, 2.75) is 6.10 Å². The fraction of sp³-hybridized carbons (Fsp3) is 0.833. The van der Waals surface area contributed by atoms with E-state index >= 15 is 0 Å². The largest absolute Gasteiger partial charge is 0.370 e. The van der Waals surface area contributed by atoms with E-state index in [0.29, 0.717) is 10.6 Å². The summed E-state index contributed by atoms with van der Waals surface area (Å²) >= 11 is 0. The second-order valence-electron chi connectivity index (χ2n) is 2.81. The lowest BCUT2D eigenvalue weighted by atomic mass is 10.1. The van der Waals surface area contributed by atoms with E-state index in [2.05, 4.69) is 0 Å². The SMILES string of the molecule is COC1C[N+](C)(C=O)C1. The summed E-state index contributed by atoms with van der Waals surface area (Å²) in [5.41, 5.74) is 0. The summed E-state index contributed by atoms with van der Waals surface area (Å²) in [5, 5.41) is 0. The first kappa shape index (κ1) is 6.71. The van der Waals surface area contributed by atoms with Crippen LogP contribution in [0.15, 0.2) is 0 Å². The summed E-state index contributed by atoms with van der Waals surface area (Å²) in [6, 6.07) is 0. The predicted octanol–water partition coefficient (Wildman–Crippen LogP) is -0.382. The smallest absolute Gasteiger partial charge is 0.301 e. The normalized spacial score (nSPS) is 41.8. The zero-order valence-electron chi connectivity index (χ0n) is 5.83. The first-order valence-corrected chi connectivity index (χ1v) is 3.03. The van der Waals surface area contributed by atoms with E-state index in [4.69, 9.17) is 4.74 Å². The molecule has 1 fully saturated rings. The van der Waals surface area contributed by atoms with E-state index in [9.17, 15) is 4.79 Å². The zero-order valence-corrected chi connectivity index (χ0v) is 5.83. The van der Waals surface area contributed by atoms with Crippen molar-refractivity contribution in [3.8, 4) is 0 Å². The molecule has 0 unspecified atom stereocenters. The third-order valence-electron chi connectivity index (χ3n) is 1.83. The molecule has 52 valence electrons. The van der Waals surface area contributed by atoms with Crippen molar-refractivity contribution in [2.24, 2.45) is 0 Å². The van der Waals surface area contributed by atoms with Crippen LogP contribution in [-0.4, -0.2) is 44.2 Å². The van der Waals surface area contributed by atoms with Gasteiger partial charge < -0.3 is 4.74 Å². The lowest BCUT2D eigenvalue weighted by molar-refractivity contribution is -0.876. The lowest BCUT2D eigenvalue weighted by Crippen LogP contribution is -2.63. The van der Waals surface area contributed by atoms with E-state index in [1.54, 1.807) is 7.11 Å². The van der Waals surface area contributed by atoms with Crippen LogP contribution >= 0.6 is 0 Å². The molecule has 0 aromatic rings. The Morgan fingerprint density at radius 3 is 2.56 bits per heavy atom. The standard InChI is InChI=1S/C6H12NO2/c1-7(5-8)3-6(4-7)9-2/h5-6H,3-4H2,1-2H3/q+1. The first-order valence-electron chi connectivity index (χ1n) is 3.03. The highest BCUT2D eigenvalue weighted by Gasteiger charge is 2.40. The van der Waals surface area contributed by atoms with Crippen LogP contribution in [0.25, 0.3) is 0 Å². The number of quaternary nitrogens is 1. The fourth-order valence-corrected chi connectivity index (χ4v) is 1.11. The molecular formula is C6H12NO2+. The Hall–Kier alpha value is -0.410. The fourth-order valence-electron chi connectivity index (χ4n) is 1.11. The molecule has 0 radical (unpaired) electrons. The van der Waals surface area contributed by atoms with Crippen LogP contribution in [-0.2, 0) is 9.53 Å². The van der Waals surface area contributed by atoms with Crippen molar-refractivity contribution in [3.05, 3.63) is 0 Å². The predicted molar refractivity (Wildman–Crippen MR) is 32.8 cm³/mol. The van der Waals surface area contributed by atoms with Crippen molar-refractivity contribution in [1.29, 1.82) is 0 Å². The van der Waals surface area contributed by atoms with Gasteiger partial charge >= 0.3 is 6.41 Å². The highest BCUT2D eigenvalue weighted by molar-refractivity contribution is 5.38. The molecule has 0 aromatic carbocycles. The van der Waals surface area contributed by atoms with Crippen molar-refractivity contribution in [2.75, 3.05) is 27.2 Å². The lowest BCUT2D eigenvalue weighted by Gasteiger charge is -2.40. The van der Waals surface area contributed by atoms with Gasteiger partial charge in [-0.15, -0.1) is 0 Å². The number of ether oxygens (including phenoxy) is 1. The van der Waals surface area contributed by atoms with Gasteiger partial charge in [-0.3, -0.25) is 4.48 Å². The Morgan fingerprint density at radius 1 is 1.67 bits per heavy atom. The molecule has 9 heavy (non-hydrogen) atoms. The third kappa shape index (κ3) is 1.11. The van der Waals surface area contributed by atoms with Crippen LogP contribution in [0, 0.1) is 0 Å². The molecule has 0 aliphatic carbocycles. The van der Waals surface area contributed by atoms with Gasteiger partial charge in [-0.05, 0) is 0 Å². The number of hydrogen-bond acceptors (Lipinski definition) is 2. The molecule has 3 nitrogen and oxygen atoms in total. The van der Waals surface area contributed by atoms with E-state index in [1.165, 1.54) is 0 Å². The summed E-state index contributed by atoms with van der Waals surface area (Å²) in [6.45, 7) is 1.67. The molecule has 1 aliphatic rings. The average Bonchev–Trinajstić information content (AvgIpc) is 1.81. The van der Waals surface area contributed by atoms with E-state index in [0.717, 1.165) is 19.5 Å². The molecule has 0 bridgehead atoms. The number of carbonyl (C=O) groups excluding carboxylic acids is 1. The summed E-state index contributed by atoms with van der Waals surface area (Å²) in [6.07, 6.45) is 1.27. The highest BCUT2D eigenvalue weighted by Crippen LogP contribution is 2.15. The van der Waals surface area contributed by atoms with Crippen molar-refractivity contribution < 1.29 is 14.0 Å². The van der Waals surface area contributed by atoms with Crippen molar-refractivity contribution in [1.82, 2.24) is 0 Å². The van der Waals surface area contributed by atoms with Crippen LogP contribution in [0.1, 0.15) is 0 Å². The number of methoxy groups -OCH3 is 1. The molecule has 0 aromatic heterocycles. The van der Waals surface area contributed by atoms with Crippen LogP contribution in [0.5, 0.6) is 0 Å². The van der Waals surface area contributed by atoms with Gasteiger partial charge in [-0.1, -0.05) is 0 Å². The number of likely N-dealkylation sites (tertiary alicyclic amines) is 1. The van der Waals surface area contributed by atoms with Crippen LogP contribution < -0.4 is 0 Å². The maximum absolute atomic E-state index is 10.3. The van der Waals surface area contributed by atoms with Gasteiger partial charge in [-0.2, -0.15) is 0 Å². The first-order chi connectivity index (χ1) is 4.20. The van der Waals surface area contributed by atoms with Crippen LogP contribution in [0.4, 0.5) is 0 Å². The Balaban J connectivity index is 2.32. The minimum Gasteiger partial charge on any atom is -0.370 e. The van der Waals surface area contributed by atoms with Crippen molar-refractivity contribution in [3.63, 3.8) is 0 Å². The molecule has 0 saturated carbocycles. The molecule has 0 N–H and O–H groups in total. The number of hydrogen-bond donors (Lipinski definition) is 0. The van der Waals surface area contributed by atoms with Gasteiger partial charge in [-0.25, -0.2) is 4.79 Å². The van der Waals surface area contributed by atoms with Gasteiger partial charge in [0.05, 0.1) is 7.05 Å².